The van der Waals surface area contributed by atoms with Crippen LogP contribution in [0.2, 0.25) is 0 Å². The molecule has 0 amide bonds. The van der Waals surface area contributed by atoms with E-state index in [1.165, 1.54) is 6.08 Å². The SMILES string of the molecule is CCCc1cc(/C=C/C(=O)c2ccc(OCOC)cc2)c(OC)cc1OCOC. The minimum absolute atomic E-state index is 0.109. The highest BCUT2D eigenvalue weighted by molar-refractivity contribution is 6.07. The molecule has 0 N–H and O–H groups in total. The van der Waals surface area contributed by atoms with E-state index >= 15 is 0 Å². The summed E-state index contributed by atoms with van der Waals surface area (Å²) in [6.45, 7) is 2.43. The van der Waals surface area contributed by atoms with E-state index in [2.05, 4.69) is 6.92 Å². The van der Waals surface area contributed by atoms with E-state index in [-0.39, 0.29) is 19.4 Å². The predicted octanol–water partition coefficient (Wildman–Crippen LogP) is 4.51. The largest absolute Gasteiger partial charge is 0.496 e. The van der Waals surface area contributed by atoms with Gasteiger partial charge in [-0.1, -0.05) is 13.3 Å². The average Bonchev–Trinajstić information content (AvgIpc) is 2.75. The van der Waals surface area contributed by atoms with Gasteiger partial charge in [0.15, 0.2) is 19.4 Å². The Hall–Kier alpha value is -2.83. The van der Waals surface area contributed by atoms with E-state index in [0.29, 0.717) is 17.1 Å². The van der Waals surface area contributed by atoms with Gasteiger partial charge in [0.05, 0.1) is 7.11 Å². The summed E-state index contributed by atoms with van der Waals surface area (Å²) in [6, 6.07) is 10.7. The number of methoxy groups -OCH3 is 3. The molecule has 0 aliphatic heterocycles. The van der Waals surface area contributed by atoms with Gasteiger partial charge in [-0.25, -0.2) is 0 Å². The third-order valence-electron chi connectivity index (χ3n) is 4.16. The fraction of sp³-hybridized carbons (Fsp3) is 0.348. The number of hydrogen-bond donors (Lipinski definition) is 0. The summed E-state index contributed by atoms with van der Waals surface area (Å²) in [5.74, 6) is 1.89. The van der Waals surface area contributed by atoms with Gasteiger partial charge >= 0.3 is 0 Å². The number of rotatable bonds is 12. The normalized spacial score (nSPS) is 10.9. The van der Waals surface area contributed by atoms with Gasteiger partial charge in [0.1, 0.15) is 17.2 Å². The molecule has 0 bridgehead atoms. The summed E-state index contributed by atoms with van der Waals surface area (Å²) < 4.78 is 26.3. The molecule has 0 unspecified atom stereocenters. The van der Waals surface area contributed by atoms with Crippen LogP contribution in [0.3, 0.4) is 0 Å². The Balaban J connectivity index is 2.21. The standard InChI is InChI=1S/C23H28O6/c1-5-6-18-13-19(22(27-4)14-23(18)29-16-26-3)9-12-21(24)17-7-10-20(11-8-17)28-15-25-2/h7-14H,5-6,15-16H2,1-4H3/b12-9+. The number of aryl methyl sites for hydroxylation is 1. The molecule has 0 atom stereocenters. The number of hydrogen-bond acceptors (Lipinski definition) is 6. The molecular formula is C23H28O6. The highest BCUT2D eigenvalue weighted by atomic mass is 16.7. The van der Waals surface area contributed by atoms with E-state index in [4.69, 9.17) is 23.7 Å². The molecular weight excluding hydrogens is 372 g/mol. The van der Waals surface area contributed by atoms with Crippen molar-refractivity contribution < 1.29 is 28.5 Å². The van der Waals surface area contributed by atoms with Crippen LogP contribution in [-0.4, -0.2) is 40.7 Å². The quantitative estimate of drug-likeness (QED) is 0.297. The molecule has 0 heterocycles. The molecule has 0 spiro atoms. The molecule has 0 fully saturated rings. The Labute approximate surface area is 172 Å². The van der Waals surface area contributed by atoms with Crippen molar-refractivity contribution in [2.45, 2.75) is 19.8 Å². The molecule has 0 saturated carbocycles. The number of ketones is 1. The summed E-state index contributed by atoms with van der Waals surface area (Å²) in [5.41, 5.74) is 2.42. The third-order valence-corrected chi connectivity index (χ3v) is 4.16. The second-order valence-corrected chi connectivity index (χ2v) is 6.28. The Bertz CT molecular complexity index is 811. The number of carbonyl (C=O) groups excluding carboxylic acids is 1. The molecule has 2 aromatic carbocycles. The van der Waals surface area contributed by atoms with Crippen molar-refractivity contribution in [3.63, 3.8) is 0 Å². The van der Waals surface area contributed by atoms with Crippen LogP contribution < -0.4 is 14.2 Å². The van der Waals surface area contributed by atoms with Gasteiger partial charge in [-0.05, 0) is 54.5 Å². The van der Waals surface area contributed by atoms with Gasteiger partial charge in [0.2, 0.25) is 0 Å². The smallest absolute Gasteiger partial charge is 0.188 e. The maximum absolute atomic E-state index is 12.5. The molecule has 2 rings (SSSR count). The summed E-state index contributed by atoms with van der Waals surface area (Å²) >= 11 is 0. The van der Waals surface area contributed by atoms with Crippen molar-refractivity contribution >= 4 is 11.9 Å². The first kappa shape index (κ1) is 22.5. The van der Waals surface area contributed by atoms with Crippen molar-refractivity contribution in [3.8, 4) is 17.2 Å². The average molecular weight is 400 g/mol. The first-order valence-electron chi connectivity index (χ1n) is 9.39. The minimum Gasteiger partial charge on any atom is -0.496 e. The fourth-order valence-corrected chi connectivity index (χ4v) is 2.76. The first-order valence-corrected chi connectivity index (χ1v) is 9.39. The summed E-state index contributed by atoms with van der Waals surface area (Å²) in [7, 11) is 4.72. The van der Waals surface area contributed by atoms with Crippen LogP contribution in [0.5, 0.6) is 17.2 Å². The van der Waals surface area contributed by atoms with Crippen LogP contribution in [0.1, 0.15) is 34.8 Å². The molecule has 6 nitrogen and oxygen atoms in total. The molecule has 6 heteroatoms. The second kappa shape index (κ2) is 11.9. The van der Waals surface area contributed by atoms with E-state index in [1.54, 1.807) is 51.7 Å². The molecule has 29 heavy (non-hydrogen) atoms. The van der Waals surface area contributed by atoms with E-state index in [0.717, 1.165) is 29.7 Å². The van der Waals surface area contributed by atoms with Gasteiger partial charge < -0.3 is 23.7 Å². The minimum atomic E-state index is -0.109. The highest BCUT2D eigenvalue weighted by Crippen LogP contribution is 2.31. The van der Waals surface area contributed by atoms with Crippen molar-refractivity contribution in [3.05, 3.63) is 59.2 Å². The lowest BCUT2D eigenvalue weighted by molar-refractivity contribution is 0.0502. The Kier molecular flexibility index (Phi) is 9.21. The monoisotopic (exact) mass is 400 g/mol. The van der Waals surface area contributed by atoms with Crippen LogP contribution >= 0.6 is 0 Å². The summed E-state index contributed by atoms with van der Waals surface area (Å²) in [4.78, 5) is 12.5. The lowest BCUT2D eigenvalue weighted by Gasteiger charge is -2.14. The van der Waals surface area contributed by atoms with Gasteiger partial charge in [-0.15, -0.1) is 0 Å². The van der Waals surface area contributed by atoms with Crippen LogP contribution in [0, 0.1) is 0 Å². The zero-order valence-electron chi connectivity index (χ0n) is 17.4. The summed E-state index contributed by atoms with van der Waals surface area (Å²) in [5, 5.41) is 0. The van der Waals surface area contributed by atoms with Crippen molar-refractivity contribution in [1.29, 1.82) is 0 Å². The molecule has 0 saturated heterocycles. The van der Waals surface area contributed by atoms with Crippen LogP contribution in [-0.2, 0) is 15.9 Å². The van der Waals surface area contributed by atoms with E-state index in [1.807, 2.05) is 12.1 Å². The molecule has 2 aromatic rings. The third kappa shape index (κ3) is 6.62. The molecule has 0 radical (unpaired) electrons. The van der Waals surface area contributed by atoms with E-state index < -0.39 is 0 Å². The van der Waals surface area contributed by atoms with Gasteiger partial charge in [-0.2, -0.15) is 0 Å². The zero-order valence-corrected chi connectivity index (χ0v) is 17.4. The van der Waals surface area contributed by atoms with Crippen molar-refractivity contribution in [1.82, 2.24) is 0 Å². The Morgan fingerprint density at radius 1 is 0.931 bits per heavy atom. The molecule has 0 aromatic heterocycles. The number of carbonyl (C=O) groups is 1. The molecule has 0 aliphatic carbocycles. The Morgan fingerprint density at radius 2 is 1.62 bits per heavy atom. The van der Waals surface area contributed by atoms with Crippen molar-refractivity contribution in [2.75, 3.05) is 34.9 Å². The zero-order chi connectivity index (χ0) is 21.1. The molecule has 0 aliphatic rings. The number of allylic oxidation sites excluding steroid dienone is 1. The molecule has 156 valence electrons. The van der Waals surface area contributed by atoms with Crippen LogP contribution in [0.4, 0.5) is 0 Å². The van der Waals surface area contributed by atoms with E-state index in [9.17, 15) is 4.79 Å². The van der Waals surface area contributed by atoms with Crippen molar-refractivity contribution in [2.24, 2.45) is 0 Å². The van der Waals surface area contributed by atoms with Gasteiger partial charge in [0, 0.05) is 31.4 Å². The second-order valence-electron chi connectivity index (χ2n) is 6.28. The lowest BCUT2D eigenvalue weighted by atomic mass is 10.0. The fourth-order valence-electron chi connectivity index (χ4n) is 2.76. The lowest BCUT2D eigenvalue weighted by Crippen LogP contribution is -2.03. The topological polar surface area (TPSA) is 63.2 Å². The first-order chi connectivity index (χ1) is 14.1. The van der Waals surface area contributed by atoms with Gasteiger partial charge in [0.25, 0.3) is 0 Å². The number of ether oxygens (including phenoxy) is 5. The number of benzene rings is 2. The highest BCUT2D eigenvalue weighted by Gasteiger charge is 2.11. The Morgan fingerprint density at radius 3 is 2.24 bits per heavy atom. The van der Waals surface area contributed by atoms with Crippen LogP contribution in [0.15, 0.2) is 42.5 Å². The summed E-state index contributed by atoms with van der Waals surface area (Å²) in [6.07, 6.45) is 5.11. The predicted molar refractivity (Wildman–Crippen MR) is 112 cm³/mol. The maximum atomic E-state index is 12.5. The van der Waals surface area contributed by atoms with Gasteiger partial charge in [-0.3, -0.25) is 4.79 Å². The van der Waals surface area contributed by atoms with Crippen LogP contribution in [0.25, 0.3) is 6.08 Å². The maximum Gasteiger partial charge on any atom is 0.188 e.